The van der Waals surface area contributed by atoms with Gasteiger partial charge in [0.25, 0.3) is 0 Å². The Kier molecular flexibility index (Phi) is 9.41. The molecule has 0 spiro atoms. The van der Waals surface area contributed by atoms with Crippen LogP contribution in [0, 0.1) is 0 Å². The van der Waals surface area contributed by atoms with Crippen molar-refractivity contribution in [1.82, 2.24) is 9.97 Å². The summed E-state index contributed by atoms with van der Waals surface area (Å²) >= 11 is 1.84. The summed E-state index contributed by atoms with van der Waals surface area (Å²) in [5, 5.41) is 2.54. The second kappa shape index (κ2) is 15.1. The van der Waals surface area contributed by atoms with E-state index in [1.54, 1.807) is 0 Å². The predicted molar refractivity (Wildman–Crippen MR) is 271 cm³/mol. The van der Waals surface area contributed by atoms with E-state index >= 15 is 0 Å². The van der Waals surface area contributed by atoms with Gasteiger partial charge in [-0.2, -0.15) is 0 Å². The summed E-state index contributed by atoms with van der Waals surface area (Å²) in [5.74, 6) is 0.716. The number of fused-ring (bicyclic) bond motifs is 6. The third-order valence-corrected chi connectivity index (χ3v) is 14.5. The molecule has 1 aliphatic rings. The molecule has 3 heteroatoms. The Morgan fingerprint density at radius 3 is 1.64 bits per heavy atom. The zero-order valence-electron chi connectivity index (χ0n) is 37.3. The van der Waals surface area contributed by atoms with Crippen molar-refractivity contribution >= 4 is 31.5 Å². The van der Waals surface area contributed by atoms with Crippen LogP contribution in [-0.4, -0.2) is 9.97 Å². The second-order valence-corrected chi connectivity index (χ2v) is 20.5. The molecular weight excluding hydrogens is 793 g/mol. The normalized spacial score (nSPS) is 13.3. The van der Waals surface area contributed by atoms with Crippen LogP contribution in [-0.2, 0) is 16.2 Å². The molecule has 64 heavy (non-hydrogen) atoms. The van der Waals surface area contributed by atoms with Gasteiger partial charge in [0.1, 0.15) is 0 Å². The van der Waals surface area contributed by atoms with Crippen molar-refractivity contribution in [1.29, 1.82) is 0 Å². The maximum atomic E-state index is 5.20. The van der Waals surface area contributed by atoms with Crippen LogP contribution in [0.5, 0.6) is 0 Å². The van der Waals surface area contributed by atoms with Crippen molar-refractivity contribution in [2.24, 2.45) is 0 Å². The number of rotatable bonds is 6. The molecule has 0 radical (unpaired) electrons. The summed E-state index contributed by atoms with van der Waals surface area (Å²) in [6, 6.07) is 71.8. The monoisotopic (exact) mass is 842 g/mol. The van der Waals surface area contributed by atoms with Gasteiger partial charge in [0.15, 0.2) is 5.82 Å². The fraction of sp³-hybridized carbons (Fsp3) is 0.148. The van der Waals surface area contributed by atoms with Crippen LogP contribution >= 0.6 is 11.3 Å². The third kappa shape index (κ3) is 6.69. The van der Waals surface area contributed by atoms with Gasteiger partial charge in [0, 0.05) is 36.9 Å². The van der Waals surface area contributed by atoms with Gasteiger partial charge in [0.2, 0.25) is 0 Å². The van der Waals surface area contributed by atoms with Crippen molar-refractivity contribution in [3.8, 4) is 56.2 Å². The largest absolute Gasteiger partial charge is 0.228 e. The molecule has 10 aromatic rings. The molecule has 0 N–H and O–H groups in total. The fourth-order valence-electron chi connectivity index (χ4n) is 9.86. The zero-order chi connectivity index (χ0) is 43.8. The fourth-order valence-corrected chi connectivity index (χ4v) is 11.0. The molecule has 0 atom stereocenters. The average molecular weight is 843 g/mol. The van der Waals surface area contributed by atoms with E-state index < -0.39 is 5.41 Å². The Morgan fingerprint density at radius 2 is 0.938 bits per heavy atom. The Morgan fingerprint density at radius 1 is 0.375 bits per heavy atom. The molecule has 2 heterocycles. The van der Waals surface area contributed by atoms with Crippen molar-refractivity contribution in [3.05, 3.63) is 228 Å². The smallest absolute Gasteiger partial charge is 0.160 e. The van der Waals surface area contributed by atoms with E-state index in [2.05, 4.69) is 230 Å². The Hall–Kier alpha value is -6.94. The van der Waals surface area contributed by atoms with Crippen molar-refractivity contribution < 1.29 is 0 Å². The van der Waals surface area contributed by atoms with Gasteiger partial charge in [0.05, 0.1) is 16.8 Å². The first-order chi connectivity index (χ1) is 30.9. The standard InChI is InChI=1S/C61H50N2S/c1-59(2,3)44-18-14-20-46(36-44)61(47-21-15-19-45(37-47)60(4,5)6)52-24-12-10-22-48(52)49-32-30-42(35-53(49)61)39-26-28-40(29-27-39)54-38-55(63-58(62-54)41-16-8-7-9-17-41)43-31-33-57-51(34-43)50-23-11-13-25-56(50)64-57/h7-38H,1-6H3. The van der Waals surface area contributed by atoms with Gasteiger partial charge < -0.3 is 0 Å². The van der Waals surface area contributed by atoms with Crippen molar-refractivity contribution in [2.45, 2.75) is 57.8 Å². The van der Waals surface area contributed by atoms with Gasteiger partial charge >= 0.3 is 0 Å². The lowest BCUT2D eigenvalue weighted by atomic mass is 9.66. The molecule has 1 aliphatic carbocycles. The summed E-state index contributed by atoms with van der Waals surface area (Å²) < 4.78 is 2.58. The highest BCUT2D eigenvalue weighted by molar-refractivity contribution is 7.25. The summed E-state index contributed by atoms with van der Waals surface area (Å²) in [7, 11) is 0. The Bertz CT molecular complexity index is 3340. The lowest BCUT2D eigenvalue weighted by Gasteiger charge is -2.36. The first-order valence-corrected chi connectivity index (χ1v) is 23.2. The van der Waals surface area contributed by atoms with E-state index in [0.29, 0.717) is 5.82 Å². The minimum Gasteiger partial charge on any atom is -0.228 e. The van der Waals surface area contributed by atoms with Crippen molar-refractivity contribution in [2.75, 3.05) is 0 Å². The van der Waals surface area contributed by atoms with E-state index in [-0.39, 0.29) is 10.8 Å². The molecule has 0 unspecified atom stereocenters. The quantitative estimate of drug-likeness (QED) is 0.167. The molecule has 11 rings (SSSR count). The van der Waals surface area contributed by atoms with E-state index in [0.717, 1.165) is 33.6 Å². The topological polar surface area (TPSA) is 25.8 Å². The minimum absolute atomic E-state index is 0.00615. The van der Waals surface area contributed by atoms with Crippen LogP contribution in [0.2, 0.25) is 0 Å². The van der Waals surface area contributed by atoms with Crippen molar-refractivity contribution in [3.63, 3.8) is 0 Å². The van der Waals surface area contributed by atoms with Crippen LogP contribution in [0.1, 0.15) is 74.9 Å². The van der Waals surface area contributed by atoms with Crippen LogP contribution in [0.25, 0.3) is 76.3 Å². The maximum absolute atomic E-state index is 5.20. The highest BCUT2D eigenvalue weighted by atomic mass is 32.1. The molecule has 8 aromatic carbocycles. The SMILES string of the molecule is CC(C)(C)c1cccc(C2(c3cccc(C(C)(C)C)c3)c3ccccc3-c3ccc(-c4ccc(-c5cc(-c6ccc7sc8ccccc8c7c6)nc(-c6ccccc6)n5)cc4)cc32)c1. The Balaban J connectivity index is 1.05. The lowest BCUT2D eigenvalue weighted by Crippen LogP contribution is -2.30. The molecule has 0 bridgehead atoms. The Labute approximate surface area is 381 Å². The van der Waals surface area contributed by atoms with E-state index in [1.807, 2.05) is 17.4 Å². The van der Waals surface area contributed by atoms with Gasteiger partial charge in [-0.3, -0.25) is 0 Å². The molecule has 0 amide bonds. The van der Waals surface area contributed by atoms with Crippen LogP contribution < -0.4 is 0 Å². The summed E-state index contributed by atoms with van der Waals surface area (Å²) in [4.78, 5) is 10.4. The maximum Gasteiger partial charge on any atom is 0.160 e. The van der Waals surface area contributed by atoms with E-state index in [9.17, 15) is 0 Å². The molecule has 0 fully saturated rings. The van der Waals surface area contributed by atoms with Gasteiger partial charge in [-0.1, -0.05) is 205 Å². The molecule has 2 nitrogen and oxygen atoms in total. The number of hydrogen-bond acceptors (Lipinski definition) is 3. The molecule has 0 saturated carbocycles. The van der Waals surface area contributed by atoms with E-state index in [4.69, 9.17) is 9.97 Å². The molecule has 310 valence electrons. The van der Waals surface area contributed by atoms with Crippen LogP contribution in [0.15, 0.2) is 194 Å². The molecular formula is C61H50N2S. The molecule has 0 saturated heterocycles. The van der Waals surface area contributed by atoms with Gasteiger partial charge in [-0.15, -0.1) is 11.3 Å². The summed E-state index contributed by atoms with van der Waals surface area (Å²) in [6.07, 6.45) is 0. The minimum atomic E-state index is -0.520. The lowest BCUT2D eigenvalue weighted by molar-refractivity contribution is 0.585. The highest BCUT2D eigenvalue weighted by Gasteiger charge is 2.47. The number of nitrogens with zero attached hydrogens (tertiary/aromatic N) is 2. The highest BCUT2D eigenvalue weighted by Crippen LogP contribution is 2.57. The summed E-state index contributed by atoms with van der Waals surface area (Å²) in [5.41, 5.74) is 17.2. The third-order valence-electron chi connectivity index (χ3n) is 13.3. The van der Waals surface area contributed by atoms with Gasteiger partial charge in [-0.25, -0.2) is 9.97 Å². The van der Waals surface area contributed by atoms with Crippen LogP contribution in [0.4, 0.5) is 0 Å². The summed E-state index contributed by atoms with van der Waals surface area (Å²) in [6.45, 7) is 13.9. The van der Waals surface area contributed by atoms with Gasteiger partial charge in [-0.05, 0) is 96.8 Å². The molecule has 0 aliphatic heterocycles. The predicted octanol–water partition coefficient (Wildman–Crippen LogP) is 16.5. The average Bonchev–Trinajstić information content (AvgIpc) is 3.84. The first kappa shape index (κ1) is 39.9. The number of hydrogen-bond donors (Lipinski definition) is 0. The zero-order valence-corrected chi connectivity index (χ0v) is 38.1. The second-order valence-electron chi connectivity index (χ2n) is 19.4. The van der Waals surface area contributed by atoms with Crippen LogP contribution in [0.3, 0.4) is 0 Å². The molecule has 2 aromatic heterocycles. The first-order valence-electron chi connectivity index (χ1n) is 22.4. The van der Waals surface area contributed by atoms with E-state index in [1.165, 1.54) is 70.2 Å². The number of aromatic nitrogens is 2. The number of benzene rings is 8. The number of thiophene rings is 1.